The predicted molar refractivity (Wildman–Crippen MR) is 77.4 cm³/mol. The molecule has 6 N–H and O–H groups in total. The zero-order valence-electron chi connectivity index (χ0n) is 12.8. The molecule has 23 heavy (non-hydrogen) atoms. The maximum Gasteiger partial charge on any atom is 0.150 e. The van der Waals surface area contributed by atoms with Crippen molar-refractivity contribution in [3.63, 3.8) is 0 Å². The van der Waals surface area contributed by atoms with Gasteiger partial charge in [-0.1, -0.05) is 0 Å². The summed E-state index contributed by atoms with van der Waals surface area (Å²) in [7, 11) is 1.96. The van der Waals surface area contributed by atoms with Crippen molar-refractivity contribution in [1.29, 1.82) is 0 Å². The molecule has 0 amide bonds. The van der Waals surface area contributed by atoms with Gasteiger partial charge in [-0.3, -0.25) is 10.7 Å². The largest absolute Gasteiger partial charge is 0.394 e. The molecule has 2 unspecified atom stereocenters. The first-order valence-corrected chi connectivity index (χ1v) is 7.69. The van der Waals surface area contributed by atoms with Gasteiger partial charge < -0.3 is 25.4 Å². The highest BCUT2D eigenvalue weighted by Gasteiger charge is 2.60. The van der Waals surface area contributed by atoms with E-state index in [0.717, 1.165) is 5.57 Å². The van der Waals surface area contributed by atoms with E-state index in [0.29, 0.717) is 25.6 Å². The summed E-state index contributed by atoms with van der Waals surface area (Å²) >= 11 is 0. The van der Waals surface area contributed by atoms with E-state index < -0.39 is 29.8 Å². The van der Waals surface area contributed by atoms with Crippen molar-refractivity contribution in [3.8, 4) is 0 Å². The predicted octanol–water partition coefficient (Wildman–Crippen LogP) is -2.86. The van der Waals surface area contributed by atoms with Gasteiger partial charge in [0, 0.05) is 18.7 Å². The molecule has 0 aliphatic carbocycles. The summed E-state index contributed by atoms with van der Waals surface area (Å²) in [4.78, 5) is 2.07. The van der Waals surface area contributed by atoms with E-state index >= 15 is 0 Å². The minimum atomic E-state index is -1.14. The molecule has 4 rings (SSSR count). The molecule has 4 aliphatic heterocycles. The zero-order chi connectivity index (χ0) is 16.4. The van der Waals surface area contributed by atoms with Gasteiger partial charge in [-0.2, -0.15) is 5.11 Å². The highest BCUT2D eigenvalue weighted by Crippen LogP contribution is 2.49. The molecule has 0 radical (unpaired) electrons. The standard InChI is InChI=1S/C13H22N6O4/c1-18-4-13-3-15-11(16-17-12(13)19(14)5-18)7(13)10-9(22)8(21)6(2-20)23-10/h6,8-10,12,15,20-22H,2-5,14H2,1H3/t6-,8-,9-,10+,12?,13?/m1/s1. The molecule has 0 aromatic carbocycles. The first kappa shape index (κ1) is 15.4. The Labute approximate surface area is 133 Å². The van der Waals surface area contributed by atoms with Gasteiger partial charge in [-0.25, -0.2) is 5.01 Å². The second kappa shape index (κ2) is 5.18. The maximum absolute atomic E-state index is 10.4. The molecular formula is C13H22N6O4. The number of hydrogen-bond donors (Lipinski definition) is 5. The molecule has 4 heterocycles. The third-order valence-electron chi connectivity index (χ3n) is 5.22. The van der Waals surface area contributed by atoms with E-state index in [2.05, 4.69) is 20.4 Å². The second-order valence-corrected chi connectivity index (χ2v) is 6.79. The van der Waals surface area contributed by atoms with Gasteiger partial charge in [0.25, 0.3) is 0 Å². The molecular weight excluding hydrogens is 304 g/mol. The van der Waals surface area contributed by atoms with Gasteiger partial charge in [0.05, 0.1) is 18.7 Å². The fraction of sp³-hybridized carbons (Fsp3) is 0.846. The topological polar surface area (TPSA) is 139 Å². The molecule has 6 atom stereocenters. The first-order chi connectivity index (χ1) is 11.0. The number of nitrogens with two attached hydrogens (primary N) is 1. The molecule has 0 aromatic heterocycles. The Morgan fingerprint density at radius 3 is 2.91 bits per heavy atom. The van der Waals surface area contributed by atoms with Crippen molar-refractivity contribution in [2.45, 2.75) is 30.6 Å². The number of ether oxygens (including phenoxy) is 1. The normalized spacial score (nSPS) is 47.1. The zero-order valence-corrected chi connectivity index (χ0v) is 12.8. The number of hydrazine groups is 1. The molecule has 128 valence electrons. The fourth-order valence-electron chi connectivity index (χ4n) is 4.26. The van der Waals surface area contributed by atoms with Crippen LogP contribution in [0.1, 0.15) is 0 Å². The van der Waals surface area contributed by atoms with Gasteiger partial charge in [0.15, 0.2) is 5.82 Å². The van der Waals surface area contributed by atoms with Gasteiger partial charge in [-0.05, 0) is 7.05 Å². The van der Waals surface area contributed by atoms with E-state index in [1.54, 1.807) is 5.01 Å². The van der Waals surface area contributed by atoms with Gasteiger partial charge in [-0.15, -0.1) is 5.11 Å². The van der Waals surface area contributed by atoms with Crippen molar-refractivity contribution in [3.05, 3.63) is 11.4 Å². The van der Waals surface area contributed by atoms with Crippen LogP contribution in [0.15, 0.2) is 21.6 Å². The van der Waals surface area contributed by atoms with Crippen LogP contribution in [0.25, 0.3) is 0 Å². The molecule has 10 nitrogen and oxygen atoms in total. The lowest BCUT2D eigenvalue weighted by molar-refractivity contribution is -0.0542. The summed E-state index contributed by atoms with van der Waals surface area (Å²) < 4.78 is 5.74. The van der Waals surface area contributed by atoms with Crippen molar-refractivity contribution in [1.82, 2.24) is 15.2 Å². The van der Waals surface area contributed by atoms with Crippen LogP contribution >= 0.6 is 0 Å². The van der Waals surface area contributed by atoms with Crippen molar-refractivity contribution in [2.75, 3.05) is 33.4 Å². The average Bonchev–Trinajstić information content (AvgIpc) is 2.90. The molecule has 1 spiro atoms. The molecule has 2 fully saturated rings. The lowest BCUT2D eigenvalue weighted by atomic mass is 9.73. The number of aliphatic hydroxyl groups is 3. The number of rotatable bonds is 2. The van der Waals surface area contributed by atoms with Crippen LogP contribution in [0.2, 0.25) is 0 Å². The smallest absolute Gasteiger partial charge is 0.150 e. The van der Waals surface area contributed by atoms with Crippen LogP contribution in [-0.2, 0) is 4.74 Å². The summed E-state index contributed by atoms with van der Waals surface area (Å²) in [6, 6.07) is 0. The molecule has 2 bridgehead atoms. The molecule has 10 heteroatoms. The van der Waals surface area contributed by atoms with Crippen molar-refractivity contribution >= 4 is 0 Å². The van der Waals surface area contributed by atoms with E-state index in [-0.39, 0.29) is 12.8 Å². The minimum absolute atomic E-state index is 0.353. The summed E-state index contributed by atoms with van der Waals surface area (Å²) in [5.41, 5.74) is 0.302. The number of hydrogen-bond acceptors (Lipinski definition) is 10. The Morgan fingerprint density at radius 2 is 2.22 bits per heavy atom. The first-order valence-electron chi connectivity index (χ1n) is 7.69. The molecule has 0 saturated carbocycles. The Bertz CT molecular complexity index is 571. The number of azo groups is 1. The number of nitrogens with one attached hydrogen (secondary N) is 1. The fourth-order valence-corrected chi connectivity index (χ4v) is 4.26. The van der Waals surface area contributed by atoms with Gasteiger partial charge in [0.2, 0.25) is 0 Å². The summed E-state index contributed by atoms with van der Waals surface area (Å²) in [6.45, 7) is 1.47. The summed E-state index contributed by atoms with van der Waals surface area (Å²) in [5, 5.41) is 43.2. The highest BCUT2D eigenvalue weighted by molar-refractivity contribution is 5.37. The monoisotopic (exact) mass is 326 g/mol. The maximum atomic E-state index is 10.4. The van der Waals surface area contributed by atoms with E-state index in [9.17, 15) is 15.3 Å². The SMILES string of the molecule is CN1CN(N)C2N=NC3=C([C@@H]4O[C@H](CO)[C@@H](O)[C@H]4O)C2(CN3)C1. The number of nitrogens with zero attached hydrogens (tertiary/aromatic N) is 4. The van der Waals surface area contributed by atoms with Crippen LogP contribution in [0.4, 0.5) is 0 Å². The van der Waals surface area contributed by atoms with Crippen LogP contribution in [0, 0.1) is 5.41 Å². The molecule has 4 aliphatic rings. The van der Waals surface area contributed by atoms with Crippen LogP contribution in [0.5, 0.6) is 0 Å². The van der Waals surface area contributed by atoms with E-state index in [1.807, 2.05) is 7.05 Å². The third kappa shape index (κ3) is 2.00. The van der Waals surface area contributed by atoms with Crippen LogP contribution in [0.3, 0.4) is 0 Å². The summed E-state index contributed by atoms with van der Waals surface area (Å²) in [5.74, 6) is 6.70. The Hall–Kier alpha value is -1.14. The van der Waals surface area contributed by atoms with Crippen molar-refractivity contribution < 1.29 is 20.1 Å². The molecule has 2 saturated heterocycles. The quantitative estimate of drug-likeness (QED) is 0.342. The van der Waals surface area contributed by atoms with E-state index in [4.69, 9.17) is 10.6 Å². The van der Waals surface area contributed by atoms with Crippen LogP contribution < -0.4 is 11.2 Å². The Kier molecular flexibility index (Phi) is 3.47. The van der Waals surface area contributed by atoms with Crippen LogP contribution in [-0.4, -0.2) is 89.2 Å². The average molecular weight is 326 g/mol. The minimum Gasteiger partial charge on any atom is -0.394 e. The second-order valence-electron chi connectivity index (χ2n) is 6.79. The van der Waals surface area contributed by atoms with Crippen molar-refractivity contribution in [2.24, 2.45) is 21.5 Å². The third-order valence-corrected chi connectivity index (χ3v) is 5.22. The van der Waals surface area contributed by atoms with E-state index in [1.165, 1.54) is 0 Å². The molecule has 0 aromatic rings. The summed E-state index contributed by atoms with van der Waals surface area (Å²) in [6.07, 6.45) is -4.17. The lowest BCUT2D eigenvalue weighted by Crippen LogP contribution is -2.65. The lowest BCUT2D eigenvalue weighted by Gasteiger charge is -2.49. The number of aliphatic hydroxyl groups excluding tert-OH is 3. The Morgan fingerprint density at radius 1 is 1.43 bits per heavy atom. The highest BCUT2D eigenvalue weighted by atomic mass is 16.6. The Balaban J connectivity index is 1.74. The van der Waals surface area contributed by atoms with Gasteiger partial charge in [0.1, 0.15) is 30.6 Å². The van der Waals surface area contributed by atoms with Gasteiger partial charge >= 0.3 is 0 Å².